The van der Waals surface area contributed by atoms with Crippen LogP contribution in [0.3, 0.4) is 0 Å². The van der Waals surface area contributed by atoms with Gasteiger partial charge in [-0.25, -0.2) is 0 Å². The van der Waals surface area contributed by atoms with E-state index in [0.29, 0.717) is 18.5 Å². The van der Waals surface area contributed by atoms with E-state index in [1.54, 1.807) is 6.92 Å². The lowest BCUT2D eigenvalue weighted by Gasteiger charge is -2.31. The maximum atomic E-state index is 12.2. The Labute approximate surface area is 121 Å². The van der Waals surface area contributed by atoms with Gasteiger partial charge in [-0.2, -0.15) is 0 Å². The molecule has 106 valence electrons. The van der Waals surface area contributed by atoms with Crippen LogP contribution < -0.4 is 5.73 Å². The van der Waals surface area contributed by atoms with Gasteiger partial charge < -0.3 is 10.6 Å². The van der Waals surface area contributed by atoms with Gasteiger partial charge in [-0.3, -0.25) is 4.79 Å². The van der Waals surface area contributed by atoms with E-state index in [-0.39, 0.29) is 18.3 Å². The minimum atomic E-state index is -0.421. The number of hydrogen-bond acceptors (Lipinski definition) is 2. The fraction of sp³-hybridized carbons (Fsp3) is 0.533. The molecule has 0 spiro atoms. The molecule has 2 N–H and O–H groups in total. The van der Waals surface area contributed by atoms with Crippen molar-refractivity contribution in [3.8, 4) is 0 Å². The first-order chi connectivity index (χ1) is 8.59. The number of carbonyl (C=O) groups is 1. The number of nitrogens with zero attached hydrogens (tertiary/aromatic N) is 1. The molecule has 1 aliphatic rings. The quantitative estimate of drug-likeness (QED) is 0.902. The molecule has 4 heteroatoms. The Hall–Kier alpha value is -1.06. The van der Waals surface area contributed by atoms with Crippen molar-refractivity contribution in [1.82, 2.24) is 4.90 Å². The minimum absolute atomic E-state index is 0. The lowest BCUT2D eigenvalue weighted by Crippen LogP contribution is -2.46. The van der Waals surface area contributed by atoms with Gasteiger partial charge in [0.05, 0.1) is 6.04 Å². The highest BCUT2D eigenvalue weighted by atomic mass is 35.5. The van der Waals surface area contributed by atoms with E-state index in [2.05, 4.69) is 19.1 Å². The fourth-order valence-corrected chi connectivity index (χ4v) is 2.30. The Morgan fingerprint density at radius 1 is 1.32 bits per heavy atom. The second-order valence-corrected chi connectivity index (χ2v) is 5.32. The van der Waals surface area contributed by atoms with Crippen LogP contribution in [0.15, 0.2) is 30.3 Å². The van der Waals surface area contributed by atoms with Crippen LogP contribution in [0.5, 0.6) is 0 Å². The van der Waals surface area contributed by atoms with E-state index in [4.69, 9.17) is 5.73 Å². The molecule has 19 heavy (non-hydrogen) atoms. The van der Waals surface area contributed by atoms with Crippen molar-refractivity contribution in [3.63, 3.8) is 0 Å². The molecule has 1 saturated carbocycles. The van der Waals surface area contributed by atoms with E-state index >= 15 is 0 Å². The number of carbonyl (C=O) groups excluding carboxylic acids is 1. The Bertz CT molecular complexity index is 404. The van der Waals surface area contributed by atoms with Crippen LogP contribution in [0.1, 0.15) is 32.3 Å². The highest BCUT2D eigenvalue weighted by molar-refractivity contribution is 5.85. The molecule has 1 fully saturated rings. The standard InChI is InChI=1S/C15H22N2O.ClH/c1-11(16)15(18)17(12(2)14-8-9-14)10-13-6-4-3-5-7-13;/h3-7,11-12,14H,8-10,16H2,1-2H3;1H/t11-,12?;/m1./s1. The molecule has 1 amide bonds. The first-order valence-electron chi connectivity index (χ1n) is 6.69. The van der Waals surface area contributed by atoms with Crippen LogP contribution in [0.4, 0.5) is 0 Å². The molecule has 2 atom stereocenters. The third-order valence-electron chi connectivity index (χ3n) is 3.66. The van der Waals surface area contributed by atoms with E-state index in [0.717, 1.165) is 0 Å². The zero-order valence-electron chi connectivity index (χ0n) is 11.6. The number of benzene rings is 1. The maximum absolute atomic E-state index is 12.2. The molecule has 0 aliphatic heterocycles. The summed E-state index contributed by atoms with van der Waals surface area (Å²) in [6.45, 7) is 4.57. The smallest absolute Gasteiger partial charge is 0.239 e. The summed E-state index contributed by atoms with van der Waals surface area (Å²) in [4.78, 5) is 14.2. The Morgan fingerprint density at radius 2 is 1.89 bits per heavy atom. The van der Waals surface area contributed by atoms with Gasteiger partial charge in [0.2, 0.25) is 5.91 Å². The van der Waals surface area contributed by atoms with Crippen molar-refractivity contribution >= 4 is 18.3 Å². The minimum Gasteiger partial charge on any atom is -0.334 e. The molecule has 0 bridgehead atoms. The average molecular weight is 283 g/mol. The molecule has 1 unspecified atom stereocenters. The molecule has 1 aromatic carbocycles. The second kappa shape index (κ2) is 6.92. The second-order valence-electron chi connectivity index (χ2n) is 5.32. The van der Waals surface area contributed by atoms with Crippen LogP contribution in [-0.4, -0.2) is 22.9 Å². The van der Waals surface area contributed by atoms with Gasteiger partial charge in [-0.05, 0) is 38.2 Å². The van der Waals surface area contributed by atoms with E-state index < -0.39 is 6.04 Å². The first kappa shape index (κ1) is 16.0. The molecule has 1 aliphatic carbocycles. The molecule has 0 aromatic heterocycles. The molecule has 3 nitrogen and oxygen atoms in total. The summed E-state index contributed by atoms with van der Waals surface area (Å²) in [6.07, 6.45) is 2.47. The van der Waals surface area contributed by atoms with Crippen molar-refractivity contribution in [2.75, 3.05) is 0 Å². The van der Waals surface area contributed by atoms with Gasteiger partial charge >= 0.3 is 0 Å². The van der Waals surface area contributed by atoms with Gasteiger partial charge in [-0.1, -0.05) is 30.3 Å². The SMILES string of the molecule is CC(C1CC1)N(Cc1ccccc1)C(=O)[C@@H](C)N.Cl. The van der Waals surface area contributed by atoms with E-state index in [9.17, 15) is 4.79 Å². The summed E-state index contributed by atoms with van der Waals surface area (Å²) in [5.74, 6) is 0.717. The van der Waals surface area contributed by atoms with Crippen LogP contribution in [0.25, 0.3) is 0 Å². The highest BCUT2D eigenvalue weighted by Crippen LogP contribution is 2.35. The van der Waals surface area contributed by atoms with Crippen LogP contribution in [0, 0.1) is 5.92 Å². The molecule has 0 heterocycles. The van der Waals surface area contributed by atoms with Gasteiger partial charge in [0, 0.05) is 12.6 Å². The number of amides is 1. The van der Waals surface area contributed by atoms with E-state index in [1.807, 2.05) is 23.1 Å². The summed E-state index contributed by atoms with van der Waals surface area (Å²) < 4.78 is 0. The zero-order chi connectivity index (χ0) is 13.1. The third-order valence-corrected chi connectivity index (χ3v) is 3.66. The topological polar surface area (TPSA) is 46.3 Å². The predicted molar refractivity (Wildman–Crippen MR) is 80.1 cm³/mol. The molecule has 0 radical (unpaired) electrons. The van der Waals surface area contributed by atoms with Crippen molar-refractivity contribution in [1.29, 1.82) is 0 Å². The summed E-state index contributed by atoms with van der Waals surface area (Å²) in [7, 11) is 0. The zero-order valence-corrected chi connectivity index (χ0v) is 12.4. The normalized spacial score (nSPS) is 17.2. The Morgan fingerprint density at radius 3 is 2.37 bits per heavy atom. The van der Waals surface area contributed by atoms with Crippen molar-refractivity contribution in [3.05, 3.63) is 35.9 Å². The van der Waals surface area contributed by atoms with Gasteiger partial charge in [0.15, 0.2) is 0 Å². The summed E-state index contributed by atoms with van der Waals surface area (Å²) in [6, 6.07) is 9.99. The Balaban J connectivity index is 0.00000180. The van der Waals surface area contributed by atoms with Crippen LogP contribution in [0.2, 0.25) is 0 Å². The van der Waals surface area contributed by atoms with Crippen molar-refractivity contribution in [2.45, 2.75) is 45.3 Å². The monoisotopic (exact) mass is 282 g/mol. The first-order valence-corrected chi connectivity index (χ1v) is 6.69. The van der Waals surface area contributed by atoms with Crippen molar-refractivity contribution in [2.24, 2.45) is 11.7 Å². The highest BCUT2D eigenvalue weighted by Gasteiger charge is 2.34. The van der Waals surface area contributed by atoms with Crippen LogP contribution >= 0.6 is 12.4 Å². The number of nitrogens with two attached hydrogens (primary N) is 1. The largest absolute Gasteiger partial charge is 0.334 e. The molecular formula is C15H23ClN2O. The molecular weight excluding hydrogens is 260 g/mol. The molecule has 1 aromatic rings. The number of rotatable bonds is 5. The fourth-order valence-electron chi connectivity index (χ4n) is 2.30. The lowest BCUT2D eigenvalue weighted by atomic mass is 10.1. The van der Waals surface area contributed by atoms with E-state index in [1.165, 1.54) is 18.4 Å². The van der Waals surface area contributed by atoms with Gasteiger partial charge in [0.1, 0.15) is 0 Å². The predicted octanol–water partition coefficient (Wildman–Crippen LogP) is 2.58. The summed E-state index contributed by atoms with van der Waals surface area (Å²) in [5, 5.41) is 0. The molecule has 0 saturated heterocycles. The molecule has 2 rings (SSSR count). The van der Waals surface area contributed by atoms with Gasteiger partial charge in [0.25, 0.3) is 0 Å². The number of halogens is 1. The third kappa shape index (κ3) is 4.22. The Kier molecular flexibility index (Phi) is 5.83. The summed E-state index contributed by atoms with van der Waals surface area (Å²) >= 11 is 0. The number of hydrogen-bond donors (Lipinski definition) is 1. The van der Waals surface area contributed by atoms with Crippen molar-refractivity contribution < 1.29 is 4.79 Å². The lowest BCUT2D eigenvalue weighted by molar-refractivity contribution is -0.135. The maximum Gasteiger partial charge on any atom is 0.239 e. The average Bonchev–Trinajstić information content (AvgIpc) is 3.19. The van der Waals surface area contributed by atoms with Gasteiger partial charge in [-0.15, -0.1) is 12.4 Å². The summed E-state index contributed by atoms with van der Waals surface area (Å²) in [5.41, 5.74) is 6.92. The van der Waals surface area contributed by atoms with Crippen LogP contribution in [-0.2, 0) is 11.3 Å².